The average molecular weight is 446 g/mol. The highest BCUT2D eigenvalue weighted by molar-refractivity contribution is 5.94. The van der Waals surface area contributed by atoms with Crippen molar-refractivity contribution in [3.8, 4) is 11.1 Å². The van der Waals surface area contributed by atoms with Crippen LogP contribution in [0.4, 0.5) is 0 Å². The summed E-state index contributed by atoms with van der Waals surface area (Å²) in [7, 11) is 1.79. The van der Waals surface area contributed by atoms with E-state index in [0.717, 1.165) is 16.7 Å². The second-order valence-electron chi connectivity index (χ2n) is 9.31. The molecule has 4 rings (SSSR count). The van der Waals surface area contributed by atoms with Gasteiger partial charge in [-0.3, -0.25) is 19.3 Å². The Labute approximate surface area is 194 Å². The zero-order chi connectivity index (χ0) is 23.4. The number of carbonyl (C=O) groups is 2. The minimum absolute atomic E-state index is 0.00788. The Bertz CT molecular complexity index is 1120. The zero-order valence-electron chi connectivity index (χ0n) is 19.5. The Hall–Kier alpha value is -3.48. The maximum Gasteiger partial charge on any atom is 0.274 e. The summed E-state index contributed by atoms with van der Waals surface area (Å²) >= 11 is 0. The summed E-state index contributed by atoms with van der Waals surface area (Å²) in [4.78, 5) is 32.7. The predicted molar refractivity (Wildman–Crippen MR) is 127 cm³/mol. The van der Waals surface area contributed by atoms with Gasteiger partial charge in [-0.25, -0.2) is 0 Å². The highest BCUT2D eigenvalue weighted by Gasteiger charge is 2.46. The minimum atomic E-state index is -0.697. The Morgan fingerprint density at radius 2 is 1.97 bits per heavy atom. The lowest BCUT2D eigenvalue weighted by atomic mass is 9.78. The summed E-state index contributed by atoms with van der Waals surface area (Å²) in [6, 6.07) is 13.8. The monoisotopic (exact) mass is 445 g/mol. The van der Waals surface area contributed by atoms with E-state index in [0.29, 0.717) is 44.1 Å². The summed E-state index contributed by atoms with van der Waals surface area (Å²) in [6.07, 6.45) is 6.52. The lowest BCUT2D eigenvalue weighted by Crippen LogP contribution is -2.46. The summed E-state index contributed by atoms with van der Waals surface area (Å²) < 4.78 is 1.62. The zero-order valence-corrected chi connectivity index (χ0v) is 19.5. The van der Waals surface area contributed by atoms with Crippen LogP contribution in [0.25, 0.3) is 11.1 Å². The van der Waals surface area contributed by atoms with Crippen molar-refractivity contribution in [3.05, 3.63) is 72.3 Å². The summed E-state index contributed by atoms with van der Waals surface area (Å²) in [5, 5.41) is 7.40. The molecule has 0 radical (unpaired) electrons. The van der Waals surface area contributed by atoms with Gasteiger partial charge >= 0.3 is 0 Å². The molecule has 0 unspecified atom stereocenters. The third-order valence-corrected chi connectivity index (χ3v) is 6.25. The summed E-state index contributed by atoms with van der Waals surface area (Å²) in [5.74, 6) is 0.226. The van der Waals surface area contributed by atoms with Gasteiger partial charge in [-0.15, -0.1) is 0 Å². The normalized spacial score (nSPS) is 18.0. The van der Waals surface area contributed by atoms with Crippen LogP contribution in [-0.4, -0.2) is 51.1 Å². The van der Waals surface area contributed by atoms with Gasteiger partial charge in [0.25, 0.3) is 5.91 Å². The molecule has 0 bridgehead atoms. The molecule has 33 heavy (non-hydrogen) atoms. The van der Waals surface area contributed by atoms with Crippen molar-refractivity contribution in [1.29, 1.82) is 0 Å². The molecule has 7 nitrogen and oxygen atoms in total. The van der Waals surface area contributed by atoms with Crippen LogP contribution < -0.4 is 5.32 Å². The second-order valence-corrected chi connectivity index (χ2v) is 9.31. The first-order valence-electron chi connectivity index (χ1n) is 11.4. The smallest absolute Gasteiger partial charge is 0.274 e. The van der Waals surface area contributed by atoms with Gasteiger partial charge < -0.3 is 10.2 Å². The van der Waals surface area contributed by atoms with Crippen LogP contribution in [0, 0.1) is 11.3 Å². The number of carbonyl (C=O) groups excluding carboxylic acids is 2. The van der Waals surface area contributed by atoms with E-state index in [-0.39, 0.29) is 11.8 Å². The molecule has 7 heteroatoms. The van der Waals surface area contributed by atoms with E-state index < -0.39 is 5.41 Å². The average Bonchev–Trinajstić information content (AvgIpc) is 3.45. The van der Waals surface area contributed by atoms with Gasteiger partial charge in [0.05, 0.1) is 5.41 Å². The molecule has 1 aliphatic heterocycles. The second kappa shape index (κ2) is 9.57. The molecule has 2 amide bonds. The van der Waals surface area contributed by atoms with E-state index in [2.05, 4.69) is 41.4 Å². The van der Waals surface area contributed by atoms with Crippen molar-refractivity contribution < 1.29 is 9.59 Å². The Morgan fingerprint density at radius 1 is 1.15 bits per heavy atom. The fourth-order valence-electron chi connectivity index (χ4n) is 4.47. The molecule has 3 aromatic rings. The number of nitrogens with one attached hydrogen (secondary N) is 1. The van der Waals surface area contributed by atoms with Crippen LogP contribution >= 0.6 is 0 Å². The number of pyridine rings is 1. The first-order chi connectivity index (χ1) is 15.9. The number of nitrogens with zero attached hydrogens (tertiary/aromatic N) is 4. The number of benzene rings is 1. The SMILES string of the molecule is CC(C)CNC(=O)[C@]1(Cc2ccccc2-c2cccnc2)CCN(C(=O)c2ccn(C)n2)C1. The quantitative estimate of drug-likeness (QED) is 0.605. The van der Waals surface area contributed by atoms with Gasteiger partial charge in [0.15, 0.2) is 0 Å². The molecule has 1 aliphatic rings. The third-order valence-electron chi connectivity index (χ3n) is 6.25. The molecule has 3 heterocycles. The van der Waals surface area contributed by atoms with Crippen molar-refractivity contribution in [3.63, 3.8) is 0 Å². The van der Waals surface area contributed by atoms with Gasteiger partial charge in [-0.1, -0.05) is 44.2 Å². The predicted octanol–water partition coefficient (Wildman–Crippen LogP) is 3.33. The molecular formula is C26H31N5O2. The summed E-state index contributed by atoms with van der Waals surface area (Å²) in [5.41, 5.74) is 2.88. The standard InChI is InChI=1S/C26H31N5O2/c1-19(2)16-28-25(33)26(11-14-31(18-26)24(32)23-10-13-30(3)29-23)15-20-7-4-5-9-22(20)21-8-6-12-27-17-21/h4-10,12-13,17,19H,11,14-16,18H2,1-3H3,(H,28,33)/t26-/m0/s1. The fourth-order valence-corrected chi connectivity index (χ4v) is 4.47. The highest BCUT2D eigenvalue weighted by atomic mass is 16.2. The maximum absolute atomic E-state index is 13.6. The van der Waals surface area contributed by atoms with E-state index >= 15 is 0 Å². The molecule has 1 saturated heterocycles. The van der Waals surface area contributed by atoms with Crippen molar-refractivity contribution in [2.45, 2.75) is 26.7 Å². The van der Waals surface area contributed by atoms with Gasteiger partial charge in [0, 0.05) is 50.8 Å². The van der Waals surface area contributed by atoms with E-state index in [4.69, 9.17) is 0 Å². The minimum Gasteiger partial charge on any atom is -0.355 e. The van der Waals surface area contributed by atoms with Crippen molar-refractivity contribution >= 4 is 11.8 Å². The molecule has 0 aliphatic carbocycles. The van der Waals surface area contributed by atoms with Gasteiger partial charge in [0.2, 0.25) is 5.91 Å². The number of likely N-dealkylation sites (tertiary alicyclic amines) is 1. The molecule has 0 saturated carbocycles. The highest BCUT2D eigenvalue weighted by Crippen LogP contribution is 2.38. The molecular weight excluding hydrogens is 414 g/mol. The van der Waals surface area contributed by atoms with Crippen LogP contribution in [-0.2, 0) is 18.3 Å². The Morgan fingerprint density at radius 3 is 2.67 bits per heavy atom. The van der Waals surface area contributed by atoms with Crippen LogP contribution in [0.1, 0.15) is 36.3 Å². The van der Waals surface area contributed by atoms with Crippen LogP contribution in [0.3, 0.4) is 0 Å². The van der Waals surface area contributed by atoms with Gasteiger partial charge in [-0.05, 0) is 42.0 Å². The van der Waals surface area contributed by atoms with Crippen LogP contribution in [0.2, 0.25) is 0 Å². The van der Waals surface area contributed by atoms with Crippen LogP contribution in [0.5, 0.6) is 0 Å². The number of aromatic nitrogens is 3. The van der Waals surface area contributed by atoms with Gasteiger partial charge in [-0.2, -0.15) is 5.10 Å². The third kappa shape index (κ3) is 4.97. The van der Waals surface area contributed by atoms with Crippen molar-refractivity contribution in [2.24, 2.45) is 18.4 Å². The Kier molecular flexibility index (Phi) is 6.58. The number of hydrogen-bond donors (Lipinski definition) is 1. The molecule has 172 valence electrons. The number of hydrogen-bond acceptors (Lipinski definition) is 4. The maximum atomic E-state index is 13.6. The van der Waals surface area contributed by atoms with Crippen molar-refractivity contribution in [2.75, 3.05) is 19.6 Å². The lowest BCUT2D eigenvalue weighted by Gasteiger charge is -2.29. The fraction of sp³-hybridized carbons (Fsp3) is 0.385. The van der Waals surface area contributed by atoms with E-state index in [1.807, 2.05) is 30.5 Å². The largest absolute Gasteiger partial charge is 0.355 e. The van der Waals surface area contributed by atoms with E-state index in [1.54, 1.807) is 35.1 Å². The topological polar surface area (TPSA) is 80.1 Å². The molecule has 1 atom stereocenters. The molecule has 2 aromatic heterocycles. The lowest BCUT2D eigenvalue weighted by molar-refractivity contribution is -0.130. The summed E-state index contributed by atoms with van der Waals surface area (Å²) in [6.45, 7) is 5.67. The van der Waals surface area contributed by atoms with E-state index in [9.17, 15) is 9.59 Å². The first-order valence-corrected chi connectivity index (χ1v) is 11.4. The van der Waals surface area contributed by atoms with Crippen molar-refractivity contribution in [1.82, 2.24) is 25.0 Å². The van der Waals surface area contributed by atoms with Crippen LogP contribution in [0.15, 0.2) is 61.1 Å². The number of amides is 2. The molecule has 0 spiro atoms. The molecule has 1 fully saturated rings. The first kappa shape index (κ1) is 22.7. The van der Waals surface area contributed by atoms with E-state index in [1.165, 1.54) is 0 Å². The number of aryl methyl sites for hydroxylation is 1. The Balaban J connectivity index is 1.64. The van der Waals surface area contributed by atoms with Gasteiger partial charge in [0.1, 0.15) is 5.69 Å². The molecule has 1 aromatic carbocycles. The molecule has 1 N–H and O–H groups in total. The number of rotatable bonds is 7.